The van der Waals surface area contributed by atoms with Crippen LogP contribution in [0.15, 0.2) is 42.5 Å². The maximum Gasteiger partial charge on any atom is 0.262 e. The van der Waals surface area contributed by atoms with E-state index in [9.17, 15) is 9.59 Å². The SMILES string of the molecule is Cc1ccc(OCC(=O)Nc2ccc(C(=O)N3CCC(C)CC3)cc2)cc1C. The van der Waals surface area contributed by atoms with Crippen molar-refractivity contribution in [2.45, 2.75) is 33.6 Å². The van der Waals surface area contributed by atoms with E-state index in [1.165, 1.54) is 5.56 Å². The summed E-state index contributed by atoms with van der Waals surface area (Å²) in [7, 11) is 0. The number of nitrogens with zero attached hydrogens (tertiary/aromatic N) is 1. The Bertz CT molecular complexity index is 837. The molecule has 1 heterocycles. The Morgan fingerprint density at radius 2 is 1.71 bits per heavy atom. The number of hydrogen-bond donors (Lipinski definition) is 1. The monoisotopic (exact) mass is 380 g/mol. The van der Waals surface area contributed by atoms with Crippen LogP contribution >= 0.6 is 0 Å². The van der Waals surface area contributed by atoms with Gasteiger partial charge in [-0.15, -0.1) is 0 Å². The molecule has 1 saturated heterocycles. The second-order valence-corrected chi connectivity index (χ2v) is 7.63. The van der Waals surface area contributed by atoms with Crippen LogP contribution in [-0.2, 0) is 4.79 Å². The highest BCUT2D eigenvalue weighted by atomic mass is 16.5. The normalized spacial score (nSPS) is 14.6. The Balaban J connectivity index is 1.51. The molecule has 1 N–H and O–H groups in total. The van der Waals surface area contributed by atoms with Gasteiger partial charge in [0.05, 0.1) is 0 Å². The standard InChI is InChI=1S/C23H28N2O3/c1-16-10-12-25(13-11-16)23(27)19-5-7-20(8-6-19)24-22(26)15-28-21-9-4-17(2)18(3)14-21/h4-9,14,16H,10-13,15H2,1-3H3,(H,24,26). The van der Waals surface area contributed by atoms with Gasteiger partial charge in [-0.25, -0.2) is 0 Å². The molecular formula is C23H28N2O3. The van der Waals surface area contributed by atoms with E-state index in [-0.39, 0.29) is 18.4 Å². The Morgan fingerprint density at radius 3 is 2.36 bits per heavy atom. The smallest absolute Gasteiger partial charge is 0.262 e. The van der Waals surface area contributed by atoms with Crippen LogP contribution in [0.5, 0.6) is 5.75 Å². The van der Waals surface area contributed by atoms with E-state index >= 15 is 0 Å². The molecule has 0 aliphatic carbocycles. The first kappa shape index (κ1) is 19.9. The van der Waals surface area contributed by atoms with Crippen molar-refractivity contribution in [1.29, 1.82) is 0 Å². The molecule has 0 saturated carbocycles. The van der Waals surface area contributed by atoms with Crippen molar-refractivity contribution in [3.05, 3.63) is 59.2 Å². The van der Waals surface area contributed by atoms with Gasteiger partial charge in [-0.3, -0.25) is 9.59 Å². The molecule has 28 heavy (non-hydrogen) atoms. The molecule has 3 rings (SSSR count). The van der Waals surface area contributed by atoms with Crippen molar-refractivity contribution in [3.8, 4) is 5.75 Å². The van der Waals surface area contributed by atoms with Crippen LogP contribution in [0, 0.1) is 19.8 Å². The van der Waals surface area contributed by atoms with Gasteiger partial charge >= 0.3 is 0 Å². The fourth-order valence-electron chi connectivity index (χ4n) is 3.24. The van der Waals surface area contributed by atoms with Gasteiger partial charge in [-0.1, -0.05) is 13.0 Å². The highest BCUT2D eigenvalue weighted by Gasteiger charge is 2.21. The van der Waals surface area contributed by atoms with Gasteiger partial charge in [-0.05, 0) is 80.1 Å². The number of aryl methyl sites for hydroxylation is 2. The Labute approximate surface area is 166 Å². The van der Waals surface area contributed by atoms with Crippen molar-refractivity contribution >= 4 is 17.5 Å². The zero-order chi connectivity index (χ0) is 20.1. The summed E-state index contributed by atoms with van der Waals surface area (Å²) in [5.74, 6) is 1.19. The van der Waals surface area contributed by atoms with Crippen LogP contribution in [0.3, 0.4) is 0 Å². The number of rotatable bonds is 5. The quantitative estimate of drug-likeness (QED) is 0.846. The number of ether oxygens (including phenoxy) is 1. The number of carbonyl (C=O) groups excluding carboxylic acids is 2. The molecule has 0 bridgehead atoms. The summed E-state index contributed by atoms with van der Waals surface area (Å²) >= 11 is 0. The maximum absolute atomic E-state index is 12.6. The fourth-order valence-corrected chi connectivity index (χ4v) is 3.24. The molecule has 1 fully saturated rings. The molecule has 2 amide bonds. The molecule has 5 heteroatoms. The van der Waals surface area contributed by atoms with Crippen molar-refractivity contribution in [3.63, 3.8) is 0 Å². The summed E-state index contributed by atoms with van der Waals surface area (Å²) in [6, 6.07) is 12.8. The molecule has 0 spiro atoms. The average Bonchev–Trinajstić information content (AvgIpc) is 2.69. The minimum atomic E-state index is -0.234. The topological polar surface area (TPSA) is 58.6 Å². The minimum absolute atomic E-state index is 0.0582. The number of anilines is 1. The van der Waals surface area contributed by atoms with Gasteiger partial charge in [0, 0.05) is 24.3 Å². The lowest BCUT2D eigenvalue weighted by Gasteiger charge is -2.30. The molecule has 1 aliphatic heterocycles. The highest BCUT2D eigenvalue weighted by molar-refractivity contribution is 5.96. The van der Waals surface area contributed by atoms with E-state index in [1.807, 2.05) is 36.9 Å². The molecule has 0 radical (unpaired) electrons. The van der Waals surface area contributed by atoms with E-state index in [2.05, 4.69) is 12.2 Å². The summed E-state index contributed by atoms with van der Waals surface area (Å²) in [4.78, 5) is 26.6. The van der Waals surface area contributed by atoms with Gasteiger partial charge in [0.2, 0.25) is 0 Å². The summed E-state index contributed by atoms with van der Waals surface area (Å²) < 4.78 is 5.55. The van der Waals surface area contributed by atoms with E-state index in [0.29, 0.717) is 22.9 Å². The Hall–Kier alpha value is -2.82. The number of benzene rings is 2. The lowest BCUT2D eigenvalue weighted by atomic mass is 9.98. The molecule has 2 aromatic carbocycles. The molecule has 0 atom stereocenters. The van der Waals surface area contributed by atoms with Crippen LogP contribution in [0.2, 0.25) is 0 Å². The maximum atomic E-state index is 12.6. The lowest BCUT2D eigenvalue weighted by Crippen LogP contribution is -2.37. The largest absolute Gasteiger partial charge is 0.484 e. The van der Waals surface area contributed by atoms with E-state index in [0.717, 1.165) is 31.5 Å². The van der Waals surface area contributed by atoms with Crippen molar-refractivity contribution in [2.75, 3.05) is 25.0 Å². The molecule has 2 aromatic rings. The number of nitrogens with one attached hydrogen (secondary N) is 1. The molecule has 148 valence electrons. The molecule has 5 nitrogen and oxygen atoms in total. The average molecular weight is 380 g/mol. The fraction of sp³-hybridized carbons (Fsp3) is 0.391. The van der Waals surface area contributed by atoms with Gasteiger partial charge < -0.3 is 15.0 Å². The summed E-state index contributed by atoms with van der Waals surface area (Å²) in [6.07, 6.45) is 2.11. The second-order valence-electron chi connectivity index (χ2n) is 7.63. The number of likely N-dealkylation sites (tertiary alicyclic amines) is 1. The third kappa shape index (κ3) is 5.12. The van der Waals surface area contributed by atoms with Gasteiger partial charge in [0.1, 0.15) is 5.75 Å². The molecule has 1 aliphatic rings. The highest BCUT2D eigenvalue weighted by Crippen LogP contribution is 2.19. The Kier molecular flexibility index (Phi) is 6.34. The molecule has 0 unspecified atom stereocenters. The van der Waals surface area contributed by atoms with Crippen LogP contribution in [0.4, 0.5) is 5.69 Å². The number of hydrogen-bond acceptors (Lipinski definition) is 3. The lowest BCUT2D eigenvalue weighted by molar-refractivity contribution is -0.118. The van der Waals surface area contributed by atoms with Crippen molar-refractivity contribution < 1.29 is 14.3 Å². The zero-order valence-electron chi connectivity index (χ0n) is 16.8. The molecule has 0 aromatic heterocycles. The number of amides is 2. The summed E-state index contributed by atoms with van der Waals surface area (Å²) in [6.45, 7) is 7.84. The van der Waals surface area contributed by atoms with Gasteiger partial charge in [0.25, 0.3) is 11.8 Å². The van der Waals surface area contributed by atoms with Crippen molar-refractivity contribution in [2.24, 2.45) is 5.92 Å². The second kappa shape index (κ2) is 8.91. The number of carbonyl (C=O) groups is 2. The predicted octanol–water partition coefficient (Wildman–Crippen LogP) is 4.19. The number of piperidine rings is 1. The van der Waals surface area contributed by atoms with Crippen LogP contribution in [0.25, 0.3) is 0 Å². The van der Waals surface area contributed by atoms with E-state index in [1.54, 1.807) is 24.3 Å². The molecular weight excluding hydrogens is 352 g/mol. The Morgan fingerprint density at radius 1 is 1.04 bits per heavy atom. The zero-order valence-corrected chi connectivity index (χ0v) is 16.8. The van der Waals surface area contributed by atoms with E-state index < -0.39 is 0 Å². The van der Waals surface area contributed by atoms with E-state index in [4.69, 9.17) is 4.74 Å². The summed E-state index contributed by atoms with van der Waals surface area (Å²) in [5, 5.41) is 2.80. The predicted molar refractivity (Wildman–Crippen MR) is 111 cm³/mol. The van der Waals surface area contributed by atoms with Crippen LogP contribution in [-0.4, -0.2) is 36.4 Å². The van der Waals surface area contributed by atoms with Gasteiger partial charge in [0.15, 0.2) is 6.61 Å². The van der Waals surface area contributed by atoms with Gasteiger partial charge in [-0.2, -0.15) is 0 Å². The first-order chi connectivity index (χ1) is 13.4. The van der Waals surface area contributed by atoms with Crippen molar-refractivity contribution in [1.82, 2.24) is 4.90 Å². The van der Waals surface area contributed by atoms with Crippen LogP contribution in [0.1, 0.15) is 41.3 Å². The third-order valence-corrected chi connectivity index (χ3v) is 5.33. The third-order valence-electron chi connectivity index (χ3n) is 5.33. The minimum Gasteiger partial charge on any atom is -0.484 e. The summed E-state index contributed by atoms with van der Waals surface area (Å²) in [5.41, 5.74) is 3.61. The first-order valence-electron chi connectivity index (χ1n) is 9.81. The van der Waals surface area contributed by atoms with Crippen LogP contribution < -0.4 is 10.1 Å². The first-order valence-corrected chi connectivity index (χ1v) is 9.81.